The Bertz CT molecular complexity index is 617. The maximum Gasteiger partial charge on any atom is 0.343 e. The monoisotopic (exact) mass is 256 g/mol. The molecule has 0 saturated carbocycles. The number of carboxylic acid groups (broad SMARTS) is 1. The Hall–Kier alpha value is -2.62. The van der Waals surface area contributed by atoms with Crippen LogP contribution in [0.3, 0.4) is 0 Å². The summed E-state index contributed by atoms with van der Waals surface area (Å²) in [6.45, 7) is 1.75. The molecule has 0 aromatic heterocycles. The average molecular weight is 256 g/mol. The van der Waals surface area contributed by atoms with Crippen molar-refractivity contribution >= 4 is 11.9 Å². The van der Waals surface area contributed by atoms with E-state index in [9.17, 15) is 9.59 Å². The minimum Gasteiger partial charge on any atom is -0.478 e. The number of carboxylic acids is 1. The fourth-order valence-corrected chi connectivity index (χ4v) is 1.58. The molecule has 0 unspecified atom stereocenters. The van der Waals surface area contributed by atoms with Crippen LogP contribution in [-0.4, -0.2) is 17.0 Å². The molecule has 4 nitrogen and oxygen atoms in total. The van der Waals surface area contributed by atoms with Gasteiger partial charge in [-0.15, -0.1) is 0 Å². The van der Waals surface area contributed by atoms with Gasteiger partial charge in [-0.05, 0) is 36.8 Å². The number of ether oxygens (including phenoxy) is 1. The van der Waals surface area contributed by atoms with Gasteiger partial charge in [-0.1, -0.05) is 24.3 Å². The number of aryl methyl sites for hydroxylation is 1. The summed E-state index contributed by atoms with van der Waals surface area (Å²) in [6.07, 6.45) is 0. The summed E-state index contributed by atoms with van der Waals surface area (Å²) in [5.41, 5.74) is 1.21. The molecule has 0 aliphatic heterocycles. The zero-order chi connectivity index (χ0) is 13.8. The standard InChI is InChI=1S/C15H12O4/c1-10-7-8-12(14(16)17)9-13(10)19-15(18)11-5-3-2-4-6-11/h2-9H,1H3,(H,16,17). The van der Waals surface area contributed by atoms with Crippen molar-refractivity contribution in [2.45, 2.75) is 6.92 Å². The molecule has 1 N–H and O–H groups in total. The smallest absolute Gasteiger partial charge is 0.343 e. The van der Waals surface area contributed by atoms with Crippen LogP contribution in [0.25, 0.3) is 0 Å². The highest BCUT2D eigenvalue weighted by Crippen LogP contribution is 2.21. The molecule has 0 aliphatic carbocycles. The predicted molar refractivity (Wildman–Crippen MR) is 69.5 cm³/mol. The van der Waals surface area contributed by atoms with Crippen LogP contribution in [0.1, 0.15) is 26.3 Å². The summed E-state index contributed by atoms with van der Waals surface area (Å²) < 4.78 is 5.22. The van der Waals surface area contributed by atoms with Gasteiger partial charge in [-0.25, -0.2) is 9.59 Å². The first kappa shape index (κ1) is 12.8. The highest BCUT2D eigenvalue weighted by Gasteiger charge is 2.12. The Morgan fingerprint density at radius 1 is 1.00 bits per heavy atom. The number of hydrogen-bond donors (Lipinski definition) is 1. The van der Waals surface area contributed by atoms with E-state index in [1.54, 1.807) is 43.3 Å². The molecule has 0 saturated heterocycles. The van der Waals surface area contributed by atoms with Gasteiger partial charge < -0.3 is 9.84 Å². The Morgan fingerprint density at radius 2 is 1.68 bits per heavy atom. The first-order valence-electron chi connectivity index (χ1n) is 5.69. The van der Waals surface area contributed by atoms with Crippen molar-refractivity contribution in [1.29, 1.82) is 0 Å². The molecule has 2 rings (SSSR count). The molecule has 0 heterocycles. The highest BCUT2D eigenvalue weighted by molar-refractivity contribution is 5.92. The van der Waals surface area contributed by atoms with Crippen molar-refractivity contribution in [3.63, 3.8) is 0 Å². The predicted octanol–water partition coefficient (Wildman–Crippen LogP) is 2.91. The van der Waals surface area contributed by atoms with E-state index in [0.29, 0.717) is 11.1 Å². The number of esters is 1. The van der Waals surface area contributed by atoms with Crippen LogP contribution in [0.5, 0.6) is 5.75 Å². The summed E-state index contributed by atoms with van der Waals surface area (Å²) in [5.74, 6) is -1.31. The molecule has 0 aliphatic rings. The van der Waals surface area contributed by atoms with E-state index in [-0.39, 0.29) is 11.3 Å². The zero-order valence-electron chi connectivity index (χ0n) is 10.3. The molecule has 2 aromatic carbocycles. The maximum atomic E-state index is 11.9. The molecular weight excluding hydrogens is 244 g/mol. The fourth-order valence-electron chi connectivity index (χ4n) is 1.58. The van der Waals surface area contributed by atoms with E-state index in [0.717, 1.165) is 0 Å². The Morgan fingerprint density at radius 3 is 2.32 bits per heavy atom. The number of aromatic carboxylic acids is 1. The zero-order valence-corrected chi connectivity index (χ0v) is 10.3. The van der Waals surface area contributed by atoms with Crippen molar-refractivity contribution in [3.05, 3.63) is 65.2 Å². The number of rotatable bonds is 3. The van der Waals surface area contributed by atoms with E-state index in [2.05, 4.69) is 0 Å². The number of benzene rings is 2. The van der Waals surface area contributed by atoms with Gasteiger partial charge in [0.05, 0.1) is 11.1 Å². The van der Waals surface area contributed by atoms with Crippen molar-refractivity contribution in [2.24, 2.45) is 0 Å². The summed E-state index contributed by atoms with van der Waals surface area (Å²) in [7, 11) is 0. The minimum atomic E-state index is -1.06. The Balaban J connectivity index is 2.26. The topological polar surface area (TPSA) is 63.6 Å². The molecule has 2 aromatic rings. The largest absolute Gasteiger partial charge is 0.478 e. The molecule has 0 radical (unpaired) electrons. The van der Waals surface area contributed by atoms with Crippen molar-refractivity contribution in [2.75, 3.05) is 0 Å². The van der Waals surface area contributed by atoms with Gasteiger partial charge in [0.15, 0.2) is 0 Å². The van der Waals surface area contributed by atoms with E-state index < -0.39 is 11.9 Å². The van der Waals surface area contributed by atoms with Crippen molar-refractivity contribution in [1.82, 2.24) is 0 Å². The number of hydrogen-bond acceptors (Lipinski definition) is 3. The average Bonchev–Trinajstić information content (AvgIpc) is 2.42. The maximum absolute atomic E-state index is 11.9. The molecule has 0 bridgehead atoms. The lowest BCUT2D eigenvalue weighted by Crippen LogP contribution is -2.09. The van der Waals surface area contributed by atoms with Crippen LogP contribution in [0.4, 0.5) is 0 Å². The third-order valence-corrected chi connectivity index (χ3v) is 2.65. The Kier molecular flexibility index (Phi) is 3.61. The summed E-state index contributed by atoms with van der Waals surface area (Å²) in [5, 5.41) is 8.91. The quantitative estimate of drug-likeness (QED) is 0.677. The Labute approximate surface area is 110 Å². The lowest BCUT2D eigenvalue weighted by Gasteiger charge is -2.08. The number of carbonyl (C=O) groups is 2. The SMILES string of the molecule is Cc1ccc(C(=O)O)cc1OC(=O)c1ccccc1. The third-order valence-electron chi connectivity index (χ3n) is 2.65. The van der Waals surface area contributed by atoms with Gasteiger partial charge in [0.25, 0.3) is 0 Å². The first-order chi connectivity index (χ1) is 9.08. The minimum absolute atomic E-state index is 0.0847. The van der Waals surface area contributed by atoms with Crippen molar-refractivity contribution < 1.29 is 19.4 Å². The van der Waals surface area contributed by atoms with Gasteiger partial charge in [0.1, 0.15) is 5.75 Å². The molecular formula is C15H12O4. The third kappa shape index (κ3) is 2.98. The second-order valence-corrected chi connectivity index (χ2v) is 4.04. The first-order valence-corrected chi connectivity index (χ1v) is 5.69. The fraction of sp³-hybridized carbons (Fsp3) is 0.0667. The van der Waals surface area contributed by atoms with Gasteiger partial charge in [-0.3, -0.25) is 0 Å². The molecule has 0 amide bonds. The van der Waals surface area contributed by atoms with Crippen LogP contribution in [0, 0.1) is 6.92 Å². The summed E-state index contributed by atoms with van der Waals surface area (Å²) in [6, 6.07) is 13.0. The molecule has 96 valence electrons. The van der Waals surface area contributed by atoms with E-state index >= 15 is 0 Å². The second kappa shape index (κ2) is 5.35. The van der Waals surface area contributed by atoms with Gasteiger partial charge in [0.2, 0.25) is 0 Å². The van der Waals surface area contributed by atoms with Crippen LogP contribution < -0.4 is 4.74 Å². The van der Waals surface area contributed by atoms with Crippen LogP contribution in [-0.2, 0) is 0 Å². The molecule has 19 heavy (non-hydrogen) atoms. The van der Waals surface area contributed by atoms with Gasteiger partial charge in [0, 0.05) is 0 Å². The lowest BCUT2D eigenvalue weighted by molar-refractivity contribution is 0.0687. The number of carbonyl (C=O) groups excluding carboxylic acids is 1. The molecule has 0 fully saturated rings. The summed E-state index contributed by atoms with van der Waals surface area (Å²) in [4.78, 5) is 22.8. The highest BCUT2D eigenvalue weighted by atomic mass is 16.5. The molecule has 0 atom stereocenters. The van der Waals surface area contributed by atoms with Crippen LogP contribution >= 0.6 is 0 Å². The van der Waals surface area contributed by atoms with Crippen LogP contribution in [0.2, 0.25) is 0 Å². The van der Waals surface area contributed by atoms with Crippen LogP contribution in [0.15, 0.2) is 48.5 Å². The van der Waals surface area contributed by atoms with E-state index in [1.165, 1.54) is 12.1 Å². The van der Waals surface area contributed by atoms with Crippen molar-refractivity contribution in [3.8, 4) is 5.75 Å². The van der Waals surface area contributed by atoms with E-state index in [4.69, 9.17) is 9.84 Å². The normalized spacial score (nSPS) is 9.95. The van der Waals surface area contributed by atoms with E-state index in [1.807, 2.05) is 0 Å². The molecule has 0 spiro atoms. The molecule has 4 heteroatoms. The summed E-state index contributed by atoms with van der Waals surface area (Å²) >= 11 is 0. The van der Waals surface area contributed by atoms with Gasteiger partial charge >= 0.3 is 11.9 Å². The lowest BCUT2D eigenvalue weighted by atomic mass is 10.1. The second-order valence-electron chi connectivity index (χ2n) is 4.04. The van der Waals surface area contributed by atoms with Gasteiger partial charge in [-0.2, -0.15) is 0 Å².